The fourth-order valence-electron chi connectivity index (χ4n) is 1.59. The van der Waals surface area contributed by atoms with Crippen molar-refractivity contribution in [3.8, 4) is 5.75 Å². The molecule has 0 radical (unpaired) electrons. The van der Waals surface area contributed by atoms with Crippen molar-refractivity contribution >= 4 is 21.6 Å². The number of sulfonamides is 1. The fourth-order valence-corrected chi connectivity index (χ4v) is 2.43. The summed E-state index contributed by atoms with van der Waals surface area (Å²) in [5.41, 5.74) is 0. The van der Waals surface area contributed by atoms with E-state index in [1.807, 2.05) is 0 Å². The van der Waals surface area contributed by atoms with Gasteiger partial charge in [0.25, 0.3) is 0 Å². The highest BCUT2D eigenvalue weighted by molar-refractivity contribution is 7.89. The number of primary sulfonamides is 1. The lowest BCUT2D eigenvalue weighted by molar-refractivity contribution is -0.101. The molecule has 19 heavy (non-hydrogen) atoms. The molecule has 0 amide bonds. The van der Waals surface area contributed by atoms with Crippen LogP contribution in [0.1, 0.15) is 0 Å². The molecule has 8 heteroatoms. The number of hydrogen-bond acceptors (Lipinski definition) is 5. The molecule has 0 bridgehead atoms. The molecular formula is C11H14ClNO5S. The minimum Gasteiger partial charge on any atom is -0.489 e. The molecule has 1 aliphatic rings. The Labute approximate surface area is 116 Å². The van der Waals surface area contributed by atoms with Gasteiger partial charge in [0, 0.05) is 0 Å². The molecule has 0 aromatic heterocycles. The average Bonchev–Trinajstić information content (AvgIpc) is 2.37. The summed E-state index contributed by atoms with van der Waals surface area (Å²) in [6, 6.07) is 4.06. The maximum absolute atomic E-state index is 11.1. The van der Waals surface area contributed by atoms with E-state index in [2.05, 4.69) is 0 Å². The molecule has 1 atom stereocenters. The van der Waals surface area contributed by atoms with Gasteiger partial charge >= 0.3 is 0 Å². The first-order valence-electron chi connectivity index (χ1n) is 5.61. The number of halogens is 1. The van der Waals surface area contributed by atoms with E-state index in [0.717, 1.165) is 0 Å². The van der Waals surface area contributed by atoms with Gasteiger partial charge in [-0.15, -0.1) is 0 Å². The molecule has 1 heterocycles. The Hall–Kier alpha value is -0.860. The lowest BCUT2D eigenvalue weighted by Crippen LogP contribution is -2.33. The van der Waals surface area contributed by atoms with Crippen molar-refractivity contribution in [2.75, 3.05) is 26.4 Å². The van der Waals surface area contributed by atoms with Gasteiger partial charge in [-0.05, 0) is 18.2 Å². The standard InChI is InChI=1S/C11H14ClNO5S/c12-10-5-9(19(13,14)15)1-2-11(10)18-7-8-6-16-3-4-17-8/h1-2,5,8H,3-4,6-7H2,(H2,13,14,15). The van der Waals surface area contributed by atoms with E-state index in [9.17, 15) is 8.42 Å². The van der Waals surface area contributed by atoms with E-state index < -0.39 is 10.0 Å². The Morgan fingerprint density at radius 1 is 1.42 bits per heavy atom. The average molecular weight is 308 g/mol. The predicted molar refractivity (Wildman–Crippen MR) is 68.9 cm³/mol. The summed E-state index contributed by atoms with van der Waals surface area (Å²) >= 11 is 5.94. The van der Waals surface area contributed by atoms with Gasteiger partial charge in [-0.1, -0.05) is 11.6 Å². The Balaban J connectivity index is 2.01. The Morgan fingerprint density at radius 3 is 2.79 bits per heavy atom. The van der Waals surface area contributed by atoms with E-state index in [4.69, 9.17) is 31.0 Å². The van der Waals surface area contributed by atoms with Crippen LogP contribution in [0.2, 0.25) is 5.02 Å². The molecule has 1 aromatic carbocycles. The van der Waals surface area contributed by atoms with Crippen LogP contribution in [0.3, 0.4) is 0 Å². The largest absolute Gasteiger partial charge is 0.489 e. The normalized spacial score (nSPS) is 20.2. The summed E-state index contributed by atoms with van der Waals surface area (Å²) in [5, 5.41) is 5.19. The van der Waals surface area contributed by atoms with Gasteiger partial charge in [0.1, 0.15) is 18.5 Å². The number of hydrogen-bond donors (Lipinski definition) is 1. The second-order valence-electron chi connectivity index (χ2n) is 4.02. The van der Waals surface area contributed by atoms with Crippen LogP contribution in [-0.2, 0) is 19.5 Å². The SMILES string of the molecule is NS(=O)(=O)c1ccc(OCC2COCCO2)c(Cl)c1. The monoisotopic (exact) mass is 307 g/mol. The molecule has 1 aliphatic heterocycles. The highest BCUT2D eigenvalue weighted by Crippen LogP contribution is 2.27. The quantitative estimate of drug-likeness (QED) is 0.888. The zero-order valence-electron chi connectivity index (χ0n) is 10.0. The molecule has 1 aromatic rings. The van der Waals surface area contributed by atoms with Gasteiger partial charge in [-0.2, -0.15) is 0 Å². The number of rotatable bonds is 4. The van der Waals surface area contributed by atoms with E-state index in [1.54, 1.807) is 0 Å². The molecule has 2 N–H and O–H groups in total. The van der Waals surface area contributed by atoms with Crippen LogP contribution in [0.5, 0.6) is 5.75 Å². The first-order chi connectivity index (χ1) is 8.97. The van der Waals surface area contributed by atoms with Crippen molar-refractivity contribution in [2.24, 2.45) is 5.14 Å². The van der Waals surface area contributed by atoms with Gasteiger partial charge in [-0.3, -0.25) is 0 Å². The maximum Gasteiger partial charge on any atom is 0.238 e. The van der Waals surface area contributed by atoms with Gasteiger partial charge < -0.3 is 14.2 Å². The van der Waals surface area contributed by atoms with Gasteiger partial charge in [0.2, 0.25) is 10.0 Å². The highest BCUT2D eigenvalue weighted by atomic mass is 35.5. The molecule has 6 nitrogen and oxygen atoms in total. The topological polar surface area (TPSA) is 87.9 Å². The van der Waals surface area contributed by atoms with Crippen LogP contribution >= 0.6 is 11.6 Å². The fraction of sp³-hybridized carbons (Fsp3) is 0.455. The summed E-state index contributed by atoms with van der Waals surface area (Å²) in [7, 11) is -3.76. The third kappa shape index (κ3) is 4.05. The van der Waals surface area contributed by atoms with E-state index in [-0.39, 0.29) is 22.6 Å². The number of nitrogens with two attached hydrogens (primary N) is 1. The summed E-state index contributed by atoms with van der Waals surface area (Å²) in [5.74, 6) is 0.378. The lowest BCUT2D eigenvalue weighted by atomic mass is 10.3. The Morgan fingerprint density at radius 2 is 2.21 bits per heavy atom. The maximum atomic E-state index is 11.1. The van der Waals surface area contributed by atoms with Gasteiger partial charge in [0.15, 0.2) is 0 Å². The molecule has 1 fully saturated rings. The molecule has 0 spiro atoms. The summed E-state index contributed by atoms with van der Waals surface area (Å²) in [4.78, 5) is -0.0536. The highest BCUT2D eigenvalue weighted by Gasteiger charge is 2.16. The van der Waals surface area contributed by atoms with Crippen LogP contribution in [0.15, 0.2) is 23.1 Å². The van der Waals surface area contributed by atoms with Crippen LogP contribution in [0, 0.1) is 0 Å². The summed E-state index contributed by atoms with van der Waals surface area (Å²) in [6.45, 7) is 1.87. The Bertz CT molecular complexity index is 542. The van der Waals surface area contributed by atoms with Crippen molar-refractivity contribution in [3.05, 3.63) is 23.2 Å². The molecule has 0 saturated carbocycles. The van der Waals surface area contributed by atoms with Crippen LogP contribution in [-0.4, -0.2) is 40.9 Å². The van der Waals surface area contributed by atoms with E-state index >= 15 is 0 Å². The molecule has 1 saturated heterocycles. The third-order valence-electron chi connectivity index (χ3n) is 2.54. The molecule has 0 aliphatic carbocycles. The van der Waals surface area contributed by atoms with Gasteiger partial charge in [-0.25, -0.2) is 13.6 Å². The molecule has 2 rings (SSSR count). The number of ether oxygens (including phenoxy) is 3. The zero-order valence-corrected chi connectivity index (χ0v) is 11.6. The smallest absolute Gasteiger partial charge is 0.238 e. The van der Waals surface area contributed by atoms with Gasteiger partial charge in [0.05, 0.1) is 29.7 Å². The van der Waals surface area contributed by atoms with Crippen molar-refractivity contribution in [3.63, 3.8) is 0 Å². The number of benzene rings is 1. The molecule has 1 unspecified atom stereocenters. The van der Waals surface area contributed by atoms with Crippen molar-refractivity contribution in [1.29, 1.82) is 0 Å². The minimum atomic E-state index is -3.76. The molecular weight excluding hydrogens is 294 g/mol. The second kappa shape index (κ2) is 6.06. The van der Waals surface area contributed by atoms with Crippen LogP contribution in [0.25, 0.3) is 0 Å². The third-order valence-corrected chi connectivity index (χ3v) is 3.75. The van der Waals surface area contributed by atoms with Crippen LogP contribution < -0.4 is 9.88 Å². The predicted octanol–water partition coefficient (Wildman–Crippen LogP) is 0.782. The van der Waals surface area contributed by atoms with Crippen LogP contribution in [0.4, 0.5) is 0 Å². The van der Waals surface area contributed by atoms with Crippen molar-refractivity contribution in [2.45, 2.75) is 11.0 Å². The zero-order chi connectivity index (χ0) is 13.9. The summed E-state index contributed by atoms with van der Waals surface area (Å²) in [6.07, 6.45) is -0.150. The Kier molecular flexibility index (Phi) is 4.64. The molecule has 106 valence electrons. The van der Waals surface area contributed by atoms with E-state index in [0.29, 0.717) is 25.6 Å². The first-order valence-corrected chi connectivity index (χ1v) is 7.54. The first kappa shape index (κ1) is 14.5. The van der Waals surface area contributed by atoms with Crippen molar-refractivity contribution in [1.82, 2.24) is 0 Å². The van der Waals surface area contributed by atoms with Crippen molar-refractivity contribution < 1.29 is 22.6 Å². The minimum absolute atomic E-state index is 0.0536. The summed E-state index contributed by atoms with van der Waals surface area (Å²) < 4.78 is 38.4. The lowest BCUT2D eigenvalue weighted by Gasteiger charge is -2.23. The van der Waals surface area contributed by atoms with E-state index in [1.165, 1.54) is 18.2 Å². The second-order valence-corrected chi connectivity index (χ2v) is 5.98.